The molecule has 27 heavy (non-hydrogen) atoms. The Balaban J connectivity index is 1.71. The van der Waals surface area contributed by atoms with Crippen LogP contribution in [0.4, 0.5) is 8.78 Å². The molecule has 6 nitrogen and oxygen atoms in total. The SMILES string of the molecule is O=C(NCC1CCCO1)c1cnn2c(C(F)F)cc(-c3ccccc3)nc12. The number of nitrogens with one attached hydrogen (secondary N) is 1. The first kappa shape index (κ1) is 17.5. The second-order valence-corrected chi connectivity index (χ2v) is 6.37. The molecule has 1 amide bonds. The smallest absolute Gasteiger partial charge is 0.280 e. The van der Waals surface area contributed by atoms with Crippen LogP contribution in [0, 0.1) is 0 Å². The van der Waals surface area contributed by atoms with E-state index in [1.807, 2.05) is 6.07 Å². The van der Waals surface area contributed by atoms with E-state index in [1.165, 1.54) is 12.3 Å². The first-order chi connectivity index (χ1) is 13.1. The molecular weight excluding hydrogens is 354 g/mol. The molecule has 2 aromatic heterocycles. The lowest BCUT2D eigenvalue weighted by atomic mass is 10.1. The molecule has 3 aromatic rings. The maximum Gasteiger partial charge on any atom is 0.280 e. The zero-order valence-electron chi connectivity index (χ0n) is 14.4. The Bertz CT molecular complexity index is 953. The van der Waals surface area contributed by atoms with Gasteiger partial charge in [-0.3, -0.25) is 4.79 Å². The van der Waals surface area contributed by atoms with Crippen LogP contribution >= 0.6 is 0 Å². The molecule has 1 atom stereocenters. The number of carbonyl (C=O) groups is 1. The number of benzene rings is 1. The van der Waals surface area contributed by atoms with Crippen LogP contribution in [0.1, 0.15) is 35.3 Å². The van der Waals surface area contributed by atoms with E-state index >= 15 is 0 Å². The highest BCUT2D eigenvalue weighted by atomic mass is 19.3. The lowest BCUT2D eigenvalue weighted by Gasteiger charge is -2.11. The van der Waals surface area contributed by atoms with Crippen molar-refractivity contribution in [1.82, 2.24) is 19.9 Å². The van der Waals surface area contributed by atoms with Gasteiger partial charge in [0.2, 0.25) is 0 Å². The Morgan fingerprint density at radius 2 is 2.15 bits per heavy atom. The van der Waals surface area contributed by atoms with Crippen molar-refractivity contribution in [2.24, 2.45) is 0 Å². The average molecular weight is 372 g/mol. The Morgan fingerprint density at radius 1 is 1.33 bits per heavy atom. The third-order valence-electron chi connectivity index (χ3n) is 4.55. The van der Waals surface area contributed by atoms with Gasteiger partial charge in [0.15, 0.2) is 5.65 Å². The van der Waals surface area contributed by atoms with Crippen molar-refractivity contribution in [2.75, 3.05) is 13.2 Å². The number of amides is 1. The summed E-state index contributed by atoms with van der Waals surface area (Å²) in [5, 5.41) is 6.74. The fraction of sp³-hybridized carbons (Fsp3) is 0.316. The molecule has 1 fully saturated rings. The summed E-state index contributed by atoms with van der Waals surface area (Å²) in [7, 11) is 0. The highest BCUT2D eigenvalue weighted by Gasteiger charge is 2.22. The van der Waals surface area contributed by atoms with Gasteiger partial charge < -0.3 is 10.1 Å². The highest BCUT2D eigenvalue weighted by Crippen LogP contribution is 2.26. The first-order valence-electron chi connectivity index (χ1n) is 8.75. The summed E-state index contributed by atoms with van der Waals surface area (Å²) in [4.78, 5) is 17.0. The van der Waals surface area contributed by atoms with E-state index in [9.17, 15) is 13.6 Å². The molecule has 1 saturated heterocycles. The van der Waals surface area contributed by atoms with Crippen molar-refractivity contribution >= 4 is 11.6 Å². The largest absolute Gasteiger partial charge is 0.376 e. The number of fused-ring (bicyclic) bond motifs is 1. The van der Waals surface area contributed by atoms with Crippen LogP contribution in [0.2, 0.25) is 0 Å². The Labute approximate surface area is 154 Å². The number of hydrogen-bond donors (Lipinski definition) is 1. The van der Waals surface area contributed by atoms with Crippen molar-refractivity contribution in [3.63, 3.8) is 0 Å². The number of alkyl halides is 2. The quantitative estimate of drug-likeness (QED) is 0.747. The van der Waals surface area contributed by atoms with Gasteiger partial charge in [0.1, 0.15) is 11.3 Å². The molecule has 140 valence electrons. The van der Waals surface area contributed by atoms with Crippen molar-refractivity contribution in [1.29, 1.82) is 0 Å². The third-order valence-corrected chi connectivity index (χ3v) is 4.55. The molecule has 1 aliphatic heterocycles. The van der Waals surface area contributed by atoms with Crippen molar-refractivity contribution < 1.29 is 18.3 Å². The molecule has 1 aromatic carbocycles. The van der Waals surface area contributed by atoms with E-state index in [-0.39, 0.29) is 23.0 Å². The maximum absolute atomic E-state index is 13.5. The zero-order chi connectivity index (χ0) is 18.8. The second kappa shape index (κ2) is 7.40. The number of carbonyl (C=O) groups excluding carboxylic acids is 1. The average Bonchev–Trinajstić information content (AvgIpc) is 3.35. The standard InChI is InChI=1S/C19H18F2N4O2/c20-17(21)16-9-15(12-5-2-1-3-6-12)24-18-14(11-23-25(16)18)19(26)22-10-13-7-4-8-27-13/h1-3,5-6,9,11,13,17H,4,7-8,10H2,(H,22,26). The molecule has 1 N–H and O–H groups in total. The van der Waals surface area contributed by atoms with E-state index in [2.05, 4.69) is 15.4 Å². The molecule has 8 heteroatoms. The van der Waals surface area contributed by atoms with E-state index in [4.69, 9.17) is 4.74 Å². The minimum absolute atomic E-state index is 0.0137. The molecule has 4 rings (SSSR count). The normalized spacial score (nSPS) is 16.9. The topological polar surface area (TPSA) is 68.5 Å². The highest BCUT2D eigenvalue weighted by molar-refractivity contribution is 5.99. The van der Waals surface area contributed by atoms with Gasteiger partial charge in [-0.25, -0.2) is 18.3 Å². The van der Waals surface area contributed by atoms with Crippen LogP contribution in [0.3, 0.4) is 0 Å². The Morgan fingerprint density at radius 3 is 2.85 bits per heavy atom. The van der Waals surface area contributed by atoms with Crippen LogP contribution < -0.4 is 5.32 Å². The van der Waals surface area contributed by atoms with Gasteiger partial charge >= 0.3 is 0 Å². The van der Waals surface area contributed by atoms with E-state index in [0.29, 0.717) is 24.4 Å². The van der Waals surface area contributed by atoms with Gasteiger partial charge in [-0.05, 0) is 18.9 Å². The van der Waals surface area contributed by atoms with Gasteiger partial charge in [0.05, 0.1) is 18.0 Å². The second-order valence-electron chi connectivity index (χ2n) is 6.37. The summed E-state index contributed by atoms with van der Waals surface area (Å²) in [5.41, 5.74) is 1.02. The minimum Gasteiger partial charge on any atom is -0.376 e. The fourth-order valence-electron chi connectivity index (χ4n) is 3.17. The first-order valence-corrected chi connectivity index (χ1v) is 8.75. The maximum atomic E-state index is 13.5. The molecule has 1 aliphatic rings. The summed E-state index contributed by atoms with van der Waals surface area (Å²) in [5.74, 6) is -0.404. The van der Waals surface area contributed by atoms with Crippen molar-refractivity contribution in [3.8, 4) is 11.3 Å². The number of nitrogens with zero attached hydrogens (tertiary/aromatic N) is 3. The lowest BCUT2D eigenvalue weighted by Crippen LogP contribution is -2.31. The number of rotatable bonds is 5. The molecule has 0 bridgehead atoms. The summed E-state index contributed by atoms with van der Waals surface area (Å²) < 4.78 is 33.6. The van der Waals surface area contributed by atoms with Crippen LogP contribution in [0.5, 0.6) is 0 Å². The molecule has 0 aliphatic carbocycles. The predicted molar refractivity (Wildman–Crippen MR) is 94.7 cm³/mol. The molecule has 0 spiro atoms. The van der Waals surface area contributed by atoms with E-state index < -0.39 is 12.3 Å². The number of aromatic nitrogens is 3. The third kappa shape index (κ3) is 3.52. The summed E-state index contributed by atoms with van der Waals surface area (Å²) in [6.45, 7) is 1.06. The van der Waals surface area contributed by atoms with Crippen molar-refractivity contribution in [2.45, 2.75) is 25.4 Å². The monoisotopic (exact) mass is 372 g/mol. The minimum atomic E-state index is -2.75. The number of halogens is 2. The van der Waals surface area contributed by atoms with Gasteiger partial charge in [0.25, 0.3) is 12.3 Å². The molecule has 0 saturated carbocycles. The van der Waals surface area contributed by atoms with Gasteiger partial charge in [0, 0.05) is 18.7 Å². The van der Waals surface area contributed by atoms with Gasteiger partial charge in [-0.1, -0.05) is 30.3 Å². The predicted octanol–water partition coefficient (Wildman–Crippen LogP) is 3.24. The van der Waals surface area contributed by atoms with Gasteiger partial charge in [-0.2, -0.15) is 5.10 Å². The summed E-state index contributed by atoms with van der Waals surface area (Å²) in [6, 6.07) is 10.3. The number of ether oxygens (including phenoxy) is 1. The zero-order valence-corrected chi connectivity index (χ0v) is 14.4. The fourth-order valence-corrected chi connectivity index (χ4v) is 3.17. The van der Waals surface area contributed by atoms with Crippen LogP contribution in [-0.4, -0.2) is 39.8 Å². The summed E-state index contributed by atoms with van der Waals surface area (Å²) >= 11 is 0. The Hall–Kier alpha value is -2.87. The lowest BCUT2D eigenvalue weighted by molar-refractivity contribution is 0.0859. The number of hydrogen-bond acceptors (Lipinski definition) is 4. The van der Waals surface area contributed by atoms with E-state index in [1.54, 1.807) is 24.3 Å². The molecular formula is C19H18F2N4O2. The Kier molecular flexibility index (Phi) is 4.81. The van der Waals surface area contributed by atoms with Crippen LogP contribution in [-0.2, 0) is 4.74 Å². The van der Waals surface area contributed by atoms with Crippen LogP contribution in [0.15, 0.2) is 42.6 Å². The van der Waals surface area contributed by atoms with Crippen molar-refractivity contribution in [3.05, 3.63) is 53.9 Å². The van der Waals surface area contributed by atoms with Gasteiger partial charge in [-0.15, -0.1) is 0 Å². The molecule has 3 heterocycles. The van der Waals surface area contributed by atoms with E-state index in [0.717, 1.165) is 17.4 Å². The molecule has 1 unspecified atom stereocenters. The van der Waals surface area contributed by atoms with Crippen LogP contribution in [0.25, 0.3) is 16.9 Å². The molecule has 0 radical (unpaired) electrons. The summed E-state index contributed by atoms with van der Waals surface area (Å²) in [6.07, 6.45) is 0.368.